The number of likely N-dealkylation sites (tertiary alicyclic amines) is 1. The first-order valence-electron chi connectivity index (χ1n) is 9.37. The molecule has 0 spiro atoms. The summed E-state index contributed by atoms with van der Waals surface area (Å²) in [5.41, 5.74) is 2.82. The number of hydrogen-bond donors (Lipinski definition) is 2. The molecule has 4 rings (SSSR count). The summed E-state index contributed by atoms with van der Waals surface area (Å²) in [6, 6.07) is 13.6. The molecule has 2 aromatic rings. The zero-order chi connectivity index (χ0) is 18.5. The van der Waals surface area contributed by atoms with Crippen molar-refractivity contribution >= 4 is 5.78 Å². The third kappa shape index (κ3) is 4.64. The number of phenols is 2. The van der Waals surface area contributed by atoms with Gasteiger partial charge in [-0.1, -0.05) is 37.3 Å². The highest BCUT2D eigenvalue weighted by atomic mass is 16.3. The molecule has 138 valence electrons. The predicted molar refractivity (Wildman–Crippen MR) is 103 cm³/mol. The number of Topliss-reactive ketones (excluding diaryl/α,β-unsaturated/α-hetero) is 1. The maximum atomic E-state index is 11.1. The monoisotopic (exact) mass is 353 g/mol. The van der Waals surface area contributed by atoms with Crippen LogP contribution >= 0.6 is 0 Å². The minimum absolute atomic E-state index is 0.0419. The van der Waals surface area contributed by atoms with Gasteiger partial charge in [-0.25, -0.2) is 0 Å². The first-order chi connectivity index (χ1) is 12.5. The summed E-state index contributed by atoms with van der Waals surface area (Å²) in [7, 11) is 0. The second-order valence-corrected chi connectivity index (χ2v) is 7.37. The van der Waals surface area contributed by atoms with Crippen LogP contribution in [0, 0.1) is 5.92 Å². The fraction of sp³-hybridized carbons (Fsp3) is 0.409. The number of ketones is 1. The smallest absolute Gasteiger partial charge is 0.163 e. The van der Waals surface area contributed by atoms with Crippen LogP contribution in [0.15, 0.2) is 42.5 Å². The summed E-state index contributed by atoms with van der Waals surface area (Å²) in [4.78, 5) is 13.7. The van der Waals surface area contributed by atoms with Gasteiger partial charge in [-0.2, -0.15) is 0 Å². The van der Waals surface area contributed by atoms with Gasteiger partial charge in [0.15, 0.2) is 17.3 Å². The molecule has 0 unspecified atom stereocenters. The van der Waals surface area contributed by atoms with Gasteiger partial charge in [0.25, 0.3) is 0 Å². The van der Waals surface area contributed by atoms with E-state index < -0.39 is 0 Å². The summed E-state index contributed by atoms with van der Waals surface area (Å²) in [5, 5.41) is 18.2. The fourth-order valence-electron chi connectivity index (χ4n) is 3.53. The minimum atomic E-state index is -0.219. The fourth-order valence-corrected chi connectivity index (χ4v) is 3.53. The van der Waals surface area contributed by atoms with Gasteiger partial charge < -0.3 is 10.2 Å². The van der Waals surface area contributed by atoms with E-state index in [0.29, 0.717) is 18.4 Å². The molecule has 1 fully saturated rings. The SMILES string of the molecule is CC1CCN(Cc2ccccc2)CC1.O=C1CCc2cc(O)c(O)cc21. The second kappa shape index (κ2) is 8.37. The number of aryl methyl sites for hydroxylation is 1. The first-order valence-corrected chi connectivity index (χ1v) is 9.37. The highest BCUT2D eigenvalue weighted by Crippen LogP contribution is 2.32. The Morgan fingerprint density at radius 3 is 2.35 bits per heavy atom. The molecule has 0 radical (unpaired) electrons. The van der Waals surface area contributed by atoms with Crippen molar-refractivity contribution in [1.82, 2.24) is 4.90 Å². The van der Waals surface area contributed by atoms with Crippen molar-refractivity contribution in [2.24, 2.45) is 5.92 Å². The van der Waals surface area contributed by atoms with Gasteiger partial charge in [-0.15, -0.1) is 0 Å². The number of carbonyl (C=O) groups is 1. The van der Waals surface area contributed by atoms with Crippen molar-refractivity contribution in [2.45, 2.75) is 39.2 Å². The Labute approximate surface area is 155 Å². The Morgan fingerprint density at radius 1 is 1.00 bits per heavy atom. The molecule has 26 heavy (non-hydrogen) atoms. The lowest BCUT2D eigenvalue weighted by Gasteiger charge is -2.30. The molecule has 1 aliphatic heterocycles. The van der Waals surface area contributed by atoms with E-state index in [1.165, 1.54) is 43.6 Å². The molecular weight excluding hydrogens is 326 g/mol. The van der Waals surface area contributed by atoms with Gasteiger partial charge >= 0.3 is 0 Å². The molecule has 2 aliphatic rings. The molecule has 2 N–H and O–H groups in total. The van der Waals surface area contributed by atoms with Crippen LogP contribution in [-0.4, -0.2) is 34.0 Å². The number of hydrogen-bond acceptors (Lipinski definition) is 4. The van der Waals surface area contributed by atoms with E-state index in [2.05, 4.69) is 42.2 Å². The van der Waals surface area contributed by atoms with Crippen molar-refractivity contribution in [3.05, 3.63) is 59.2 Å². The molecule has 0 aromatic heterocycles. The molecule has 1 saturated heterocycles. The third-order valence-corrected chi connectivity index (χ3v) is 5.25. The lowest BCUT2D eigenvalue weighted by Crippen LogP contribution is -2.32. The molecule has 2 aromatic carbocycles. The van der Waals surface area contributed by atoms with Crippen molar-refractivity contribution in [3.8, 4) is 11.5 Å². The van der Waals surface area contributed by atoms with Crippen LogP contribution in [0.25, 0.3) is 0 Å². The van der Waals surface area contributed by atoms with E-state index in [-0.39, 0.29) is 17.3 Å². The number of benzene rings is 2. The summed E-state index contributed by atoms with van der Waals surface area (Å²) < 4.78 is 0. The minimum Gasteiger partial charge on any atom is -0.504 e. The van der Waals surface area contributed by atoms with E-state index in [1.807, 2.05) is 0 Å². The van der Waals surface area contributed by atoms with Crippen LogP contribution in [0.4, 0.5) is 0 Å². The molecule has 0 bridgehead atoms. The highest BCUT2D eigenvalue weighted by Gasteiger charge is 2.21. The molecule has 0 atom stereocenters. The predicted octanol–water partition coefficient (Wildman–Crippen LogP) is 4.15. The zero-order valence-corrected chi connectivity index (χ0v) is 15.3. The van der Waals surface area contributed by atoms with Gasteiger partial charge in [0, 0.05) is 18.5 Å². The average molecular weight is 353 g/mol. The zero-order valence-electron chi connectivity index (χ0n) is 15.3. The van der Waals surface area contributed by atoms with Crippen LogP contribution in [0.1, 0.15) is 47.7 Å². The van der Waals surface area contributed by atoms with E-state index >= 15 is 0 Å². The Morgan fingerprint density at radius 2 is 1.65 bits per heavy atom. The molecule has 0 amide bonds. The quantitative estimate of drug-likeness (QED) is 0.797. The molecule has 1 heterocycles. The first kappa shape index (κ1) is 18.5. The van der Waals surface area contributed by atoms with Crippen LogP contribution in [0.5, 0.6) is 11.5 Å². The van der Waals surface area contributed by atoms with Crippen LogP contribution in [0.2, 0.25) is 0 Å². The van der Waals surface area contributed by atoms with E-state index in [1.54, 1.807) is 0 Å². The van der Waals surface area contributed by atoms with Crippen molar-refractivity contribution in [3.63, 3.8) is 0 Å². The molecule has 4 nitrogen and oxygen atoms in total. The topological polar surface area (TPSA) is 60.8 Å². The van der Waals surface area contributed by atoms with E-state index in [9.17, 15) is 4.79 Å². The standard InChI is InChI=1S/C13H19N.C9H8O3/c1-12-7-9-14(10-8-12)11-13-5-3-2-4-6-13;10-7-2-1-5-3-8(11)9(12)4-6(5)7/h2-6,12H,7-11H2,1H3;3-4,11-12H,1-2H2. The summed E-state index contributed by atoms with van der Waals surface area (Å²) in [6.07, 6.45) is 3.89. The Bertz CT molecular complexity index is 749. The van der Waals surface area contributed by atoms with Crippen LogP contribution in [-0.2, 0) is 13.0 Å². The Balaban J connectivity index is 0.000000152. The summed E-state index contributed by atoms with van der Waals surface area (Å²) >= 11 is 0. The number of fused-ring (bicyclic) bond motifs is 1. The lowest BCUT2D eigenvalue weighted by atomic mass is 9.99. The normalized spacial score (nSPS) is 17.5. The Hall–Kier alpha value is -2.33. The van der Waals surface area contributed by atoms with Crippen molar-refractivity contribution in [1.29, 1.82) is 0 Å². The van der Waals surface area contributed by atoms with E-state index in [0.717, 1.165) is 18.0 Å². The Kier molecular flexibility index (Phi) is 5.94. The number of nitrogens with zero attached hydrogens (tertiary/aromatic N) is 1. The molecule has 0 saturated carbocycles. The largest absolute Gasteiger partial charge is 0.504 e. The number of aromatic hydroxyl groups is 2. The second-order valence-electron chi connectivity index (χ2n) is 7.37. The van der Waals surface area contributed by atoms with Crippen LogP contribution in [0.3, 0.4) is 0 Å². The highest BCUT2D eigenvalue weighted by molar-refractivity contribution is 6.01. The lowest BCUT2D eigenvalue weighted by molar-refractivity contribution is 0.0994. The maximum Gasteiger partial charge on any atom is 0.163 e. The number of rotatable bonds is 2. The third-order valence-electron chi connectivity index (χ3n) is 5.25. The molecular formula is C22H27NO3. The van der Waals surface area contributed by atoms with Gasteiger partial charge in [0.2, 0.25) is 0 Å². The van der Waals surface area contributed by atoms with Gasteiger partial charge in [-0.05, 0) is 61.5 Å². The van der Waals surface area contributed by atoms with Gasteiger partial charge in [0.05, 0.1) is 0 Å². The van der Waals surface area contributed by atoms with Crippen molar-refractivity contribution < 1.29 is 15.0 Å². The maximum absolute atomic E-state index is 11.1. The molecule has 1 aliphatic carbocycles. The summed E-state index contributed by atoms with van der Waals surface area (Å²) in [5.74, 6) is 0.606. The number of phenolic OH excluding ortho intramolecular Hbond substituents is 2. The number of piperidine rings is 1. The molecule has 4 heteroatoms. The van der Waals surface area contributed by atoms with Crippen molar-refractivity contribution in [2.75, 3.05) is 13.1 Å². The van der Waals surface area contributed by atoms with Gasteiger partial charge in [-0.3, -0.25) is 9.69 Å². The van der Waals surface area contributed by atoms with Gasteiger partial charge in [0.1, 0.15) is 0 Å². The number of carbonyl (C=O) groups excluding carboxylic acids is 1. The van der Waals surface area contributed by atoms with E-state index in [4.69, 9.17) is 10.2 Å². The van der Waals surface area contributed by atoms with Crippen LogP contribution < -0.4 is 0 Å². The summed E-state index contributed by atoms with van der Waals surface area (Å²) in [6.45, 7) is 6.04. The average Bonchev–Trinajstić information content (AvgIpc) is 2.99.